The van der Waals surface area contributed by atoms with E-state index in [1.54, 1.807) is 6.07 Å². The number of aryl methyl sites for hydroxylation is 2. The van der Waals surface area contributed by atoms with Crippen molar-refractivity contribution >= 4 is 44.2 Å². The first-order valence-electron chi connectivity index (χ1n) is 7.09. The van der Waals surface area contributed by atoms with Gasteiger partial charge in [-0.05, 0) is 55.3 Å². The fourth-order valence-corrected chi connectivity index (χ4v) is 3.59. The molecule has 23 heavy (non-hydrogen) atoms. The number of aromatic nitrogens is 3. The topological polar surface area (TPSA) is 58.6 Å². The third-order valence-corrected chi connectivity index (χ3v) is 5.14. The van der Waals surface area contributed by atoms with Crippen molar-refractivity contribution < 1.29 is 0 Å². The van der Waals surface area contributed by atoms with Gasteiger partial charge >= 0.3 is 0 Å². The molecule has 0 fully saturated rings. The Labute approximate surface area is 140 Å². The molecule has 0 unspecified atom stereocenters. The highest BCUT2D eigenvalue weighted by Crippen LogP contribution is 2.29. The first-order valence-corrected chi connectivity index (χ1v) is 8.28. The summed E-state index contributed by atoms with van der Waals surface area (Å²) in [4.78, 5) is 24.3. The van der Waals surface area contributed by atoms with Gasteiger partial charge in [0.1, 0.15) is 5.01 Å². The Bertz CT molecular complexity index is 1130. The average Bonchev–Trinajstić information content (AvgIpc) is 2.91. The molecule has 6 heteroatoms. The van der Waals surface area contributed by atoms with Crippen LogP contribution >= 0.6 is 22.9 Å². The van der Waals surface area contributed by atoms with E-state index in [4.69, 9.17) is 11.6 Å². The zero-order chi connectivity index (χ0) is 16.1. The van der Waals surface area contributed by atoms with Crippen molar-refractivity contribution in [3.05, 3.63) is 56.8 Å². The molecule has 0 saturated carbocycles. The molecule has 4 rings (SSSR count). The maximum Gasteiger partial charge on any atom is 0.277 e. The number of aromatic amines is 1. The number of thiazole rings is 1. The standard InChI is InChI=1S/C17H12ClN3OS/c1-8-5-11-12(6-9(8)2)20-16(22)15(19-11)17-21-13-7-10(18)3-4-14(13)23-17/h3-7H,1-2H3,(H,20,22). The van der Waals surface area contributed by atoms with E-state index in [2.05, 4.69) is 15.0 Å². The molecule has 2 heterocycles. The third kappa shape index (κ3) is 2.42. The lowest BCUT2D eigenvalue weighted by Crippen LogP contribution is -2.11. The summed E-state index contributed by atoms with van der Waals surface area (Å²) in [6.45, 7) is 4.04. The van der Waals surface area contributed by atoms with E-state index in [0.717, 1.165) is 32.4 Å². The van der Waals surface area contributed by atoms with Crippen molar-refractivity contribution in [1.82, 2.24) is 15.0 Å². The van der Waals surface area contributed by atoms with Crippen LogP contribution in [-0.4, -0.2) is 15.0 Å². The molecule has 0 saturated heterocycles. The van der Waals surface area contributed by atoms with Crippen LogP contribution in [0.4, 0.5) is 0 Å². The zero-order valence-electron chi connectivity index (χ0n) is 12.5. The fourth-order valence-electron chi connectivity index (χ4n) is 2.49. The molecule has 4 nitrogen and oxygen atoms in total. The summed E-state index contributed by atoms with van der Waals surface area (Å²) in [6, 6.07) is 9.44. The van der Waals surface area contributed by atoms with Gasteiger partial charge in [0, 0.05) is 5.02 Å². The van der Waals surface area contributed by atoms with Crippen LogP contribution in [0.3, 0.4) is 0 Å². The number of nitrogens with one attached hydrogen (secondary N) is 1. The number of hydrogen-bond acceptors (Lipinski definition) is 4. The minimum Gasteiger partial charge on any atom is -0.319 e. The minimum atomic E-state index is -0.231. The number of hydrogen-bond donors (Lipinski definition) is 1. The molecule has 0 bridgehead atoms. The largest absolute Gasteiger partial charge is 0.319 e. The van der Waals surface area contributed by atoms with E-state index in [1.807, 2.05) is 38.1 Å². The number of rotatable bonds is 1. The summed E-state index contributed by atoms with van der Waals surface area (Å²) < 4.78 is 0.978. The smallest absolute Gasteiger partial charge is 0.277 e. The van der Waals surface area contributed by atoms with E-state index < -0.39 is 0 Å². The van der Waals surface area contributed by atoms with Crippen LogP contribution in [0.2, 0.25) is 5.02 Å². The number of H-pyrrole nitrogens is 1. The van der Waals surface area contributed by atoms with Crippen molar-refractivity contribution in [3.8, 4) is 10.7 Å². The second kappa shape index (κ2) is 5.15. The Morgan fingerprint density at radius 2 is 1.83 bits per heavy atom. The molecule has 0 aliphatic carbocycles. The van der Waals surface area contributed by atoms with Gasteiger partial charge in [-0.1, -0.05) is 11.6 Å². The first kappa shape index (κ1) is 14.4. The molecule has 0 aliphatic rings. The maximum absolute atomic E-state index is 12.4. The van der Waals surface area contributed by atoms with Crippen LogP contribution in [0.25, 0.3) is 32.0 Å². The number of halogens is 1. The normalized spacial score (nSPS) is 11.4. The van der Waals surface area contributed by atoms with Gasteiger partial charge in [0.05, 0.1) is 21.3 Å². The van der Waals surface area contributed by atoms with E-state index in [1.165, 1.54) is 11.3 Å². The minimum absolute atomic E-state index is 0.231. The highest BCUT2D eigenvalue weighted by molar-refractivity contribution is 7.21. The van der Waals surface area contributed by atoms with Crippen molar-refractivity contribution in [2.24, 2.45) is 0 Å². The summed E-state index contributed by atoms with van der Waals surface area (Å²) in [5.41, 5.74) is 4.66. The molecule has 4 aromatic rings. The van der Waals surface area contributed by atoms with E-state index >= 15 is 0 Å². The van der Waals surface area contributed by atoms with Crippen LogP contribution < -0.4 is 5.56 Å². The maximum atomic E-state index is 12.4. The molecule has 114 valence electrons. The summed E-state index contributed by atoms with van der Waals surface area (Å²) in [5, 5.41) is 1.23. The van der Waals surface area contributed by atoms with Crippen LogP contribution in [0.5, 0.6) is 0 Å². The van der Waals surface area contributed by atoms with Crippen molar-refractivity contribution in [2.75, 3.05) is 0 Å². The first-order chi connectivity index (χ1) is 11.0. The molecule has 2 aromatic carbocycles. The molecule has 0 atom stereocenters. The van der Waals surface area contributed by atoms with Gasteiger partial charge in [-0.2, -0.15) is 0 Å². The molecule has 0 radical (unpaired) electrons. The van der Waals surface area contributed by atoms with Crippen LogP contribution in [0.1, 0.15) is 11.1 Å². The molecule has 0 amide bonds. The monoisotopic (exact) mass is 341 g/mol. The van der Waals surface area contributed by atoms with Crippen LogP contribution in [-0.2, 0) is 0 Å². The van der Waals surface area contributed by atoms with Crippen molar-refractivity contribution in [1.29, 1.82) is 0 Å². The highest BCUT2D eigenvalue weighted by Gasteiger charge is 2.13. The summed E-state index contributed by atoms with van der Waals surface area (Å²) in [7, 11) is 0. The van der Waals surface area contributed by atoms with Crippen molar-refractivity contribution in [2.45, 2.75) is 13.8 Å². The predicted molar refractivity (Wildman–Crippen MR) is 95.5 cm³/mol. The van der Waals surface area contributed by atoms with E-state index in [0.29, 0.717) is 15.7 Å². The molecule has 0 aliphatic heterocycles. The summed E-state index contributed by atoms with van der Waals surface area (Å²) in [6.07, 6.45) is 0. The predicted octanol–water partition coefficient (Wildman–Crippen LogP) is 4.47. The molecule has 1 N–H and O–H groups in total. The van der Waals surface area contributed by atoms with Gasteiger partial charge in [-0.3, -0.25) is 4.79 Å². The van der Waals surface area contributed by atoms with Crippen molar-refractivity contribution in [3.63, 3.8) is 0 Å². The van der Waals surface area contributed by atoms with Crippen LogP contribution in [0.15, 0.2) is 35.1 Å². The SMILES string of the molecule is Cc1cc2nc(-c3nc4cc(Cl)ccc4s3)c(=O)[nH]c2cc1C. The van der Waals surface area contributed by atoms with E-state index in [-0.39, 0.29) is 5.56 Å². The van der Waals surface area contributed by atoms with Gasteiger partial charge in [0.25, 0.3) is 5.56 Å². The Balaban J connectivity index is 1.97. The second-order valence-electron chi connectivity index (χ2n) is 5.50. The third-order valence-electron chi connectivity index (χ3n) is 3.86. The summed E-state index contributed by atoms with van der Waals surface area (Å²) >= 11 is 7.43. The van der Waals surface area contributed by atoms with Gasteiger partial charge in [-0.25, -0.2) is 9.97 Å². The Morgan fingerprint density at radius 1 is 1.04 bits per heavy atom. The quantitative estimate of drug-likeness (QED) is 0.555. The Hall–Kier alpha value is -2.24. The lowest BCUT2D eigenvalue weighted by atomic mass is 10.1. The van der Waals surface area contributed by atoms with Crippen LogP contribution in [0, 0.1) is 13.8 Å². The number of benzene rings is 2. The lowest BCUT2D eigenvalue weighted by molar-refractivity contribution is 1.20. The fraction of sp³-hybridized carbons (Fsp3) is 0.118. The lowest BCUT2D eigenvalue weighted by Gasteiger charge is -2.04. The summed E-state index contributed by atoms with van der Waals surface area (Å²) in [5.74, 6) is 0. The molecule has 2 aromatic heterocycles. The Morgan fingerprint density at radius 3 is 2.65 bits per heavy atom. The molecular weight excluding hydrogens is 330 g/mol. The average molecular weight is 342 g/mol. The van der Waals surface area contributed by atoms with Gasteiger partial charge in [0.15, 0.2) is 5.69 Å². The molecular formula is C17H12ClN3OS. The van der Waals surface area contributed by atoms with E-state index in [9.17, 15) is 4.79 Å². The number of nitrogens with zero attached hydrogens (tertiary/aromatic N) is 2. The van der Waals surface area contributed by atoms with Gasteiger partial charge in [0.2, 0.25) is 0 Å². The molecule has 0 spiro atoms. The van der Waals surface area contributed by atoms with Gasteiger partial charge < -0.3 is 4.98 Å². The van der Waals surface area contributed by atoms with Gasteiger partial charge in [-0.15, -0.1) is 11.3 Å². The zero-order valence-corrected chi connectivity index (χ0v) is 14.0. The second-order valence-corrected chi connectivity index (χ2v) is 6.97. The number of fused-ring (bicyclic) bond motifs is 2. The Kier molecular flexibility index (Phi) is 3.21. The highest BCUT2D eigenvalue weighted by atomic mass is 35.5.